The fourth-order valence-corrected chi connectivity index (χ4v) is 3.52. The lowest BCUT2D eigenvalue weighted by atomic mass is 9.99. The van der Waals surface area contributed by atoms with Gasteiger partial charge in [0.2, 0.25) is 0 Å². The summed E-state index contributed by atoms with van der Waals surface area (Å²) in [7, 11) is 0. The minimum absolute atomic E-state index is 0.128. The Bertz CT molecular complexity index is 692. The Balaban J connectivity index is 2.14. The highest BCUT2D eigenvalue weighted by molar-refractivity contribution is 6.00. The average Bonchev–Trinajstić information content (AvgIpc) is 2.84. The molecule has 1 fully saturated rings. The van der Waals surface area contributed by atoms with Gasteiger partial charge in [-0.1, -0.05) is 19.9 Å². The van der Waals surface area contributed by atoms with Crippen molar-refractivity contribution in [2.45, 2.75) is 26.7 Å². The number of nitrogen functional groups attached to an aromatic ring is 1. The molecule has 0 saturated carbocycles. The van der Waals surface area contributed by atoms with Crippen molar-refractivity contribution in [3.8, 4) is 0 Å². The SMILES string of the molecule is CC(C)Cc1ccc(C(=N)N)c(N2CCCN(C/C(N)=C/C=C\N)CC2)c1. The van der Waals surface area contributed by atoms with Crippen molar-refractivity contribution in [3.63, 3.8) is 0 Å². The monoisotopic (exact) mass is 370 g/mol. The van der Waals surface area contributed by atoms with Gasteiger partial charge in [-0.2, -0.15) is 0 Å². The molecule has 7 N–H and O–H groups in total. The largest absolute Gasteiger partial charge is 0.405 e. The zero-order chi connectivity index (χ0) is 19.8. The number of benzene rings is 1. The number of amidine groups is 1. The quantitative estimate of drug-likeness (QED) is 0.333. The summed E-state index contributed by atoms with van der Waals surface area (Å²) in [5.41, 5.74) is 21.3. The maximum atomic E-state index is 7.96. The van der Waals surface area contributed by atoms with E-state index in [4.69, 9.17) is 22.6 Å². The number of nitrogens with zero attached hydrogens (tertiary/aromatic N) is 2. The second-order valence-electron chi connectivity index (χ2n) is 7.61. The molecule has 148 valence electrons. The molecule has 0 bridgehead atoms. The Morgan fingerprint density at radius 2 is 1.96 bits per heavy atom. The van der Waals surface area contributed by atoms with Crippen LogP contribution >= 0.6 is 0 Å². The van der Waals surface area contributed by atoms with Crippen LogP contribution in [0.2, 0.25) is 0 Å². The van der Waals surface area contributed by atoms with E-state index in [0.29, 0.717) is 5.92 Å². The zero-order valence-corrected chi connectivity index (χ0v) is 16.6. The number of allylic oxidation sites excluding steroid dienone is 2. The molecule has 0 radical (unpaired) electrons. The normalized spacial score (nSPS) is 16.9. The highest BCUT2D eigenvalue weighted by Crippen LogP contribution is 2.25. The number of hydrogen-bond acceptors (Lipinski definition) is 5. The molecule has 1 aliphatic rings. The minimum Gasteiger partial charge on any atom is -0.405 e. The van der Waals surface area contributed by atoms with Crippen molar-refractivity contribution >= 4 is 11.5 Å². The van der Waals surface area contributed by atoms with Crippen LogP contribution in [0.25, 0.3) is 0 Å². The molecule has 1 aromatic carbocycles. The van der Waals surface area contributed by atoms with Crippen LogP contribution in [-0.4, -0.2) is 43.5 Å². The summed E-state index contributed by atoms with van der Waals surface area (Å²) < 4.78 is 0. The number of hydrogen-bond donors (Lipinski definition) is 4. The first-order valence-electron chi connectivity index (χ1n) is 9.68. The van der Waals surface area contributed by atoms with Crippen LogP contribution in [0.4, 0.5) is 5.69 Å². The van der Waals surface area contributed by atoms with Crippen LogP contribution in [0.15, 0.2) is 42.2 Å². The summed E-state index contributed by atoms with van der Waals surface area (Å²) in [6.07, 6.45) is 7.18. The van der Waals surface area contributed by atoms with Gasteiger partial charge in [0.1, 0.15) is 5.84 Å². The number of nitrogens with one attached hydrogen (secondary N) is 1. The Kier molecular flexibility index (Phi) is 7.73. The van der Waals surface area contributed by atoms with Crippen LogP contribution in [0.1, 0.15) is 31.4 Å². The van der Waals surface area contributed by atoms with Crippen LogP contribution in [-0.2, 0) is 6.42 Å². The topological polar surface area (TPSA) is 108 Å². The van der Waals surface area contributed by atoms with E-state index in [-0.39, 0.29) is 5.84 Å². The number of nitrogens with two attached hydrogens (primary N) is 3. The van der Waals surface area contributed by atoms with Crippen LogP contribution in [0.3, 0.4) is 0 Å². The first-order valence-corrected chi connectivity index (χ1v) is 9.68. The molecule has 1 aliphatic heterocycles. The van der Waals surface area contributed by atoms with Gasteiger partial charge < -0.3 is 22.1 Å². The Morgan fingerprint density at radius 3 is 2.63 bits per heavy atom. The summed E-state index contributed by atoms with van der Waals surface area (Å²) in [5, 5.41) is 7.96. The molecule has 6 heteroatoms. The first kappa shape index (κ1) is 20.8. The van der Waals surface area contributed by atoms with Crippen molar-refractivity contribution < 1.29 is 0 Å². The Labute approximate surface area is 163 Å². The molecule has 1 saturated heterocycles. The van der Waals surface area contributed by atoms with Gasteiger partial charge in [-0.05, 0) is 54.8 Å². The van der Waals surface area contributed by atoms with Gasteiger partial charge in [-0.15, -0.1) is 0 Å². The average molecular weight is 371 g/mol. The van der Waals surface area contributed by atoms with Gasteiger partial charge in [-0.25, -0.2) is 0 Å². The van der Waals surface area contributed by atoms with Gasteiger partial charge in [0.25, 0.3) is 0 Å². The van der Waals surface area contributed by atoms with Gasteiger partial charge in [0.05, 0.1) is 0 Å². The molecule has 1 heterocycles. The molecule has 6 nitrogen and oxygen atoms in total. The van der Waals surface area contributed by atoms with Gasteiger partial charge in [-0.3, -0.25) is 10.3 Å². The minimum atomic E-state index is 0.128. The predicted octanol–water partition coefficient (Wildman–Crippen LogP) is 2.00. The van der Waals surface area contributed by atoms with Gasteiger partial charge in [0, 0.05) is 49.7 Å². The van der Waals surface area contributed by atoms with Crippen LogP contribution in [0, 0.1) is 11.3 Å². The number of anilines is 1. The van der Waals surface area contributed by atoms with E-state index in [0.717, 1.165) is 62.5 Å². The third-order valence-corrected chi connectivity index (χ3v) is 4.75. The number of rotatable bonds is 7. The fraction of sp³-hybridized carbons (Fsp3) is 0.476. The molecule has 0 unspecified atom stereocenters. The van der Waals surface area contributed by atoms with Crippen LogP contribution in [0.5, 0.6) is 0 Å². The van der Waals surface area contributed by atoms with Crippen molar-refractivity contribution in [1.29, 1.82) is 5.41 Å². The van der Waals surface area contributed by atoms with E-state index in [1.54, 1.807) is 6.08 Å². The lowest BCUT2D eigenvalue weighted by Crippen LogP contribution is -2.34. The predicted molar refractivity (Wildman–Crippen MR) is 115 cm³/mol. The first-order chi connectivity index (χ1) is 12.9. The smallest absolute Gasteiger partial charge is 0.124 e. The summed E-state index contributed by atoms with van der Waals surface area (Å²) in [4.78, 5) is 4.72. The standard InChI is InChI=1S/C21H34N6/c1-16(2)13-17-6-7-19(21(24)25)20(14-17)27-10-4-9-26(11-12-27)15-18(23)5-3-8-22/h3,5-8,14,16H,4,9-13,15,22-23H2,1-2H3,(H3,24,25)/b8-3-,18-5-. The molecule has 0 aromatic heterocycles. The summed E-state index contributed by atoms with van der Waals surface area (Å²) >= 11 is 0. The lowest BCUT2D eigenvalue weighted by molar-refractivity contribution is 0.317. The van der Waals surface area contributed by atoms with E-state index >= 15 is 0 Å². The van der Waals surface area contributed by atoms with Gasteiger partial charge >= 0.3 is 0 Å². The Hall–Kier alpha value is -2.47. The molecule has 0 atom stereocenters. The highest BCUT2D eigenvalue weighted by Gasteiger charge is 2.19. The maximum absolute atomic E-state index is 7.96. The third kappa shape index (κ3) is 6.32. The fourth-order valence-electron chi connectivity index (χ4n) is 3.52. The van der Waals surface area contributed by atoms with Gasteiger partial charge in [0.15, 0.2) is 0 Å². The zero-order valence-electron chi connectivity index (χ0n) is 16.6. The highest BCUT2D eigenvalue weighted by atomic mass is 15.2. The molecule has 27 heavy (non-hydrogen) atoms. The van der Waals surface area contributed by atoms with E-state index in [9.17, 15) is 0 Å². The third-order valence-electron chi connectivity index (χ3n) is 4.75. The van der Waals surface area contributed by atoms with Crippen molar-refractivity contribution in [2.24, 2.45) is 23.1 Å². The Morgan fingerprint density at radius 1 is 1.19 bits per heavy atom. The molecule has 2 rings (SSSR count). The van der Waals surface area contributed by atoms with E-state index < -0.39 is 0 Å². The van der Waals surface area contributed by atoms with E-state index in [1.807, 2.05) is 12.1 Å². The molecular weight excluding hydrogens is 336 g/mol. The van der Waals surface area contributed by atoms with Crippen molar-refractivity contribution in [1.82, 2.24) is 4.90 Å². The molecule has 0 spiro atoms. The summed E-state index contributed by atoms with van der Waals surface area (Å²) in [6.45, 7) is 8.95. The second-order valence-corrected chi connectivity index (χ2v) is 7.61. The van der Waals surface area contributed by atoms with E-state index in [2.05, 4.69) is 35.8 Å². The molecular formula is C21H34N6. The van der Waals surface area contributed by atoms with Crippen molar-refractivity contribution in [3.05, 3.63) is 53.4 Å². The molecule has 0 amide bonds. The lowest BCUT2D eigenvalue weighted by Gasteiger charge is -2.26. The van der Waals surface area contributed by atoms with Crippen LogP contribution < -0.4 is 22.1 Å². The van der Waals surface area contributed by atoms with E-state index in [1.165, 1.54) is 11.8 Å². The maximum Gasteiger partial charge on any atom is 0.124 e. The molecule has 1 aromatic rings. The summed E-state index contributed by atoms with van der Waals surface area (Å²) in [6, 6.07) is 6.31. The molecule has 0 aliphatic carbocycles. The second kappa shape index (κ2) is 10.0. The summed E-state index contributed by atoms with van der Waals surface area (Å²) in [5.74, 6) is 0.723. The van der Waals surface area contributed by atoms with Crippen molar-refractivity contribution in [2.75, 3.05) is 37.6 Å².